The summed E-state index contributed by atoms with van der Waals surface area (Å²) in [6, 6.07) is 4.70. The van der Waals surface area contributed by atoms with E-state index in [2.05, 4.69) is 0 Å². The molecule has 0 aliphatic carbocycles. The largest absolute Gasteiger partial charge is 0.480 e. The Hall–Kier alpha value is -1.26. The summed E-state index contributed by atoms with van der Waals surface area (Å²) in [5.74, 6) is -1.57. The van der Waals surface area contributed by atoms with Crippen molar-refractivity contribution in [2.75, 3.05) is 11.4 Å². The number of halogens is 2. The van der Waals surface area contributed by atoms with Gasteiger partial charge in [-0.05, 0) is 25.1 Å². The average molecular weight is 274 g/mol. The fraction of sp³-hybridized carbons (Fsp3) is 0.273. The first-order chi connectivity index (χ1) is 7.84. The summed E-state index contributed by atoms with van der Waals surface area (Å²) in [7, 11) is 0. The first-order valence-electron chi connectivity index (χ1n) is 4.86. The summed E-state index contributed by atoms with van der Waals surface area (Å²) in [6.07, 6.45) is 0. The molecule has 1 N–H and O–H groups in total. The first kappa shape index (κ1) is 12.2. The molecule has 4 nitrogen and oxygen atoms in total. The minimum atomic E-state index is -1.34. The summed E-state index contributed by atoms with van der Waals surface area (Å²) in [4.78, 5) is 24.1. The standard InChI is InChI=1S/C11H9Cl2NO3/c1-11(10(16)17)5-14(9(11)15)8-3-6(12)2-7(13)4-8/h2-4H,5H2,1H3,(H,16,17)/t11-/m1/s1. The molecule has 1 fully saturated rings. The smallest absolute Gasteiger partial charge is 0.320 e. The van der Waals surface area contributed by atoms with Gasteiger partial charge in [0.15, 0.2) is 5.41 Å². The van der Waals surface area contributed by atoms with Gasteiger partial charge in [0.25, 0.3) is 0 Å². The second kappa shape index (κ2) is 3.89. The molecule has 17 heavy (non-hydrogen) atoms. The number of anilines is 1. The highest BCUT2D eigenvalue weighted by atomic mass is 35.5. The van der Waals surface area contributed by atoms with E-state index in [4.69, 9.17) is 28.3 Å². The Balaban J connectivity index is 2.28. The molecule has 1 heterocycles. The van der Waals surface area contributed by atoms with E-state index in [1.807, 2.05) is 0 Å². The van der Waals surface area contributed by atoms with Gasteiger partial charge in [0.1, 0.15) is 0 Å². The monoisotopic (exact) mass is 273 g/mol. The number of benzene rings is 1. The Morgan fingerprint density at radius 3 is 2.29 bits per heavy atom. The van der Waals surface area contributed by atoms with Crippen molar-refractivity contribution in [3.63, 3.8) is 0 Å². The minimum Gasteiger partial charge on any atom is -0.480 e. The van der Waals surface area contributed by atoms with Gasteiger partial charge in [-0.15, -0.1) is 0 Å². The van der Waals surface area contributed by atoms with Gasteiger partial charge < -0.3 is 10.0 Å². The highest BCUT2D eigenvalue weighted by Gasteiger charge is 2.55. The molecule has 1 aliphatic heterocycles. The molecule has 1 aromatic carbocycles. The van der Waals surface area contributed by atoms with E-state index in [1.54, 1.807) is 18.2 Å². The Kier molecular flexibility index (Phi) is 2.79. The molecule has 1 saturated heterocycles. The van der Waals surface area contributed by atoms with Gasteiger partial charge in [-0.25, -0.2) is 0 Å². The van der Waals surface area contributed by atoms with Gasteiger partial charge >= 0.3 is 5.97 Å². The number of carbonyl (C=O) groups is 2. The lowest BCUT2D eigenvalue weighted by atomic mass is 9.80. The molecule has 0 unspecified atom stereocenters. The van der Waals surface area contributed by atoms with E-state index >= 15 is 0 Å². The highest BCUT2D eigenvalue weighted by Crippen LogP contribution is 2.37. The number of hydrogen-bond donors (Lipinski definition) is 1. The molecule has 1 aliphatic rings. The predicted octanol–water partition coefficient (Wildman–Crippen LogP) is 2.43. The number of carboxylic acid groups (broad SMARTS) is 1. The molecule has 1 atom stereocenters. The first-order valence-corrected chi connectivity index (χ1v) is 5.61. The van der Waals surface area contributed by atoms with Gasteiger partial charge in [0.05, 0.1) is 6.54 Å². The maximum absolute atomic E-state index is 11.8. The number of carboxylic acids is 1. The third kappa shape index (κ3) is 1.87. The number of rotatable bonds is 2. The third-order valence-corrected chi connectivity index (χ3v) is 3.26. The fourth-order valence-corrected chi connectivity index (χ4v) is 2.24. The van der Waals surface area contributed by atoms with Gasteiger partial charge in [0.2, 0.25) is 5.91 Å². The second-order valence-electron chi connectivity index (χ2n) is 4.16. The number of carbonyl (C=O) groups excluding carboxylic acids is 1. The van der Waals surface area contributed by atoms with Crippen molar-refractivity contribution >= 4 is 40.8 Å². The highest BCUT2D eigenvalue weighted by molar-refractivity contribution is 6.35. The Morgan fingerprint density at radius 2 is 1.88 bits per heavy atom. The topological polar surface area (TPSA) is 57.6 Å². The van der Waals surface area contributed by atoms with Crippen LogP contribution in [0.3, 0.4) is 0 Å². The third-order valence-electron chi connectivity index (χ3n) is 2.82. The molecule has 0 bridgehead atoms. The van der Waals surface area contributed by atoms with Crippen LogP contribution in [0, 0.1) is 5.41 Å². The summed E-state index contributed by atoms with van der Waals surface area (Å²) in [5, 5.41) is 9.75. The van der Waals surface area contributed by atoms with E-state index < -0.39 is 17.3 Å². The zero-order valence-electron chi connectivity index (χ0n) is 8.91. The van der Waals surface area contributed by atoms with Gasteiger partial charge in [-0.2, -0.15) is 0 Å². The molecule has 1 amide bonds. The fourth-order valence-electron chi connectivity index (χ4n) is 1.73. The van der Waals surface area contributed by atoms with Crippen molar-refractivity contribution in [2.45, 2.75) is 6.92 Å². The van der Waals surface area contributed by atoms with Gasteiger partial charge in [-0.3, -0.25) is 9.59 Å². The van der Waals surface area contributed by atoms with Crippen molar-refractivity contribution in [3.8, 4) is 0 Å². The quantitative estimate of drug-likeness (QED) is 0.665. The van der Waals surface area contributed by atoms with E-state index in [1.165, 1.54) is 11.8 Å². The zero-order valence-corrected chi connectivity index (χ0v) is 10.4. The molecular formula is C11H9Cl2NO3. The van der Waals surface area contributed by atoms with Crippen LogP contribution >= 0.6 is 23.2 Å². The Labute approximate surface area is 108 Å². The van der Waals surface area contributed by atoms with Crippen molar-refractivity contribution < 1.29 is 14.7 Å². The number of nitrogens with zero attached hydrogens (tertiary/aromatic N) is 1. The van der Waals surface area contributed by atoms with Crippen LogP contribution in [0.25, 0.3) is 0 Å². The normalized spacial score (nSPS) is 23.5. The number of β-lactam (4-membered cyclic amide) rings is 1. The molecule has 1 aromatic rings. The minimum absolute atomic E-state index is 0.123. The van der Waals surface area contributed by atoms with Crippen LogP contribution in [0.5, 0.6) is 0 Å². The van der Waals surface area contributed by atoms with Crippen LogP contribution in [0.2, 0.25) is 10.0 Å². The maximum Gasteiger partial charge on any atom is 0.320 e. The van der Waals surface area contributed by atoms with E-state index in [0.29, 0.717) is 15.7 Å². The number of hydrogen-bond acceptors (Lipinski definition) is 2. The van der Waals surface area contributed by atoms with E-state index in [-0.39, 0.29) is 6.54 Å². The maximum atomic E-state index is 11.8. The van der Waals surface area contributed by atoms with E-state index in [0.717, 1.165) is 0 Å². The second-order valence-corrected chi connectivity index (χ2v) is 5.03. The van der Waals surface area contributed by atoms with Crippen LogP contribution in [-0.2, 0) is 9.59 Å². The molecule has 6 heteroatoms. The van der Waals surface area contributed by atoms with Crippen LogP contribution < -0.4 is 4.90 Å². The van der Waals surface area contributed by atoms with Crippen LogP contribution in [0.1, 0.15) is 6.92 Å². The van der Waals surface area contributed by atoms with Crippen molar-refractivity contribution in [1.82, 2.24) is 0 Å². The number of amides is 1. The molecule has 0 radical (unpaired) electrons. The summed E-state index contributed by atoms with van der Waals surface area (Å²) in [5.41, 5.74) is -0.819. The van der Waals surface area contributed by atoms with Crippen LogP contribution in [-0.4, -0.2) is 23.5 Å². The van der Waals surface area contributed by atoms with Crippen LogP contribution in [0.4, 0.5) is 5.69 Å². The molecule has 90 valence electrons. The molecule has 2 rings (SSSR count). The van der Waals surface area contributed by atoms with E-state index in [9.17, 15) is 9.59 Å². The van der Waals surface area contributed by atoms with Crippen LogP contribution in [0.15, 0.2) is 18.2 Å². The summed E-state index contributed by atoms with van der Waals surface area (Å²) < 4.78 is 0. The molecule has 0 spiro atoms. The lowest BCUT2D eigenvalue weighted by molar-refractivity contribution is -0.158. The van der Waals surface area contributed by atoms with Crippen molar-refractivity contribution in [1.29, 1.82) is 0 Å². The van der Waals surface area contributed by atoms with Gasteiger partial charge in [0, 0.05) is 15.7 Å². The Morgan fingerprint density at radius 1 is 1.35 bits per heavy atom. The molecular weight excluding hydrogens is 265 g/mol. The predicted molar refractivity (Wildman–Crippen MR) is 64.6 cm³/mol. The van der Waals surface area contributed by atoms with Crippen molar-refractivity contribution in [2.24, 2.45) is 5.41 Å². The molecule has 0 saturated carbocycles. The summed E-state index contributed by atoms with van der Waals surface area (Å²) >= 11 is 11.6. The van der Waals surface area contributed by atoms with Crippen molar-refractivity contribution in [3.05, 3.63) is 28.2 Å². The average Bonchev–Trinajstić information content (AvgIpc) is 2.23. The SMILES string of the molecule is C[C@@]1(C(=O)O)CN(c2cc(Cl)cc(Cl)c2)C1=O. The Bertz CT molecular complexity index is 497. The van der Waals surface area contributed by atoms with Gasteiger partial charge in [-0.1, -0.05) is 23.2 Å². The molecule has 0 aromatic heterocycles. The lowest BCUT2D eigenvalue weighted by Gasteiger charge is -2.43. The number of aliphatic carboxylic acids is 1. The zero-order chi connectivity index (χ0) is 12.8. The summed E-state index contributed by atoms with van der Waals surface area (Å²) in [6.45, 7) is 1.53. The lowest BCUT2D eigenvalue weighted by Crippen LogP contribution is -2.64.